The van der Waals surface area contributed by atoms with E-state index in [-0.39, 0.29) is 35.0 Å². The first kappa shape index (κ1) is 15.3. The zero-order chi connectivity index (χ0) is 14.6. The van der Waals surface area contributed by atoms with Crippen molar-refractivity contribution in [2.45, 2.75) is 19.9 Å². The van der Waals surface area contributed by atoms with Crippen LogP contribution >= 0.6 is 11.6 Å². The van der Waals surface area contributed by atoms with Crippen LogP contribution in [0.15, 0.2) is 12.3 Å². The van der Waals surface area contributed by atoms with Crippen molar-refractivity contribution >= 4 is 23.2 Å². The van der Waals surface area contributed by atoms with E-state index in [4.69, 9.17) is 16.7 Å². The third kappa shape index (κ3) is 3.87. The van der Waals surface area contributed by atoms with E-state index in [0.717, 1.165) is 12.3 Å². The van der Waals surface area contributed by atoms with Crippen LogP contribution < -0.4 is 5.32 Å². The smallest absolute Gasteiger partial charge is 0.288 e. The molecule has 8 heteroatoms. The molecule has 2 unspecified atom stereocenters. The number of hydrogen-bond acceptors (Lipinski definition) is 5. The van der Waals surface area contributed by atoms with Crippen molar-refractivity contribution in [2.75, 3.05) is 6.61 Å². The lowest BCUT2D eigenvalue weighted by Crippen LogP contribution is -2.38. The molecule has 0 aliphatic heterocycles. The molecule has 1 heterocycles. The Morgan fingerprint density at radius 2 is 2.26 bits per heavy atom. The summed E-state index contributed by atoms with van der Waals surface area (Å²) in [5, 5.41) is 22.1. The normalized spacial score (nSPS) is 13.7. The van der Waals surface area contributed by atoms with E-state index in [2.05, 4.69) is 10.3 Å². The molecule has 0 aromatic carbocycles. The maximum Gasteiger partial charge on any atom is 0.288 e. The Morgan fingerprint density at radius 1 is 1.63 bits per heavy atom. The number of amides is 1. The molecule has 0 saturated carbocycles. The molecule has 0 spiro atoms. The van der Waals surface area contributed by atoms with Gasteiger partial charge in [0, 0.05) is 18.7 Å². The van der Waals surface area contributed by atoms with E-state index in [1.807, 2.05) is 0 Å². The molecule has 0 fully saturated rings. The van der Waals surface area contributed by atoms with Gasteiger partial charge < -0.3 is 10.4 Å². The lowest BCUT2D eigenvalue weighted by molar-refractivity contribution is -0.385. The van der Waals surface area contributed by atoms with Gasteiger partial charge in [0.25, 0.3) is 11.6 Å². The van der Waals surface area contributed by atoms with Gasteiger partial charge >= 0.3 is 0 Å². The summed E-state index contributed by atoms with van der Waals surface area (Å²) in [6.07, 6.45) is 0.985. The minimum absolute atomic E-state index is 0.0622. The highest BCUT2D eigenvalue weighted by Gasteiger charge is 2.20. The lowest BCUT2D eigenvalue weighted by Gasteiger charge is -2.19. The molecule has 2 N–H and O–H groups in total. The number of carbonyl (C=O) groups excluding carboxylic acids is 1. The standard InChI is InChI=1S/C11H14ClN3O4/c1-6(5-16)7(2)14-11(17)9-3-8(15(18)19)4-13-10(9)12/h3-4,6-7,16H,5H2,1-2H3,(H,14,17). The molecular weight excluding hydrogens is 274 g/mol. The SMILES string of the molecule is CC(CO)C(C)NC(=O)c1cc([N+](=O)[O-])cnc1Cl. The Balaban J connectivity index is 2.93. The third-order valence-electron chi connectivity index (χ3n) is 2.78. The van der Waals surface area contributed by atoms with Gasteiger partial charge in [-0.2, -0.15) is 0 Å². The minimum Gasteiger partial charge on any atom is -0.396 e. The first-order valence-corrected chi connectivity index (χ1v) is 5.96. The number of aliphatic hydroxyl groups is 1. The Kier molecular flexibility index (Phi) is 5.20. The van der Waals surface area contributed by atoms with Crippen LogP contribution in [0.25, 0.3) is 0 Å². The molecule has 0 aliphatic carbocycles. The summed E-state index contributed by atoms with van der Waals surface area (Å²) in [7, 11) is 0. The number of rotatable bonds is 5. The molecule has 0 aliphatic rings. The van der Waals surface area contributed by atoms with Crippen molar-refractivity contribution in [1.82, 2.24) is 10.3 Å². The summed E-state index contributed by atoms with van der Waals surface area (Å²) in [6.45, 7) is 3.40. The number of nitrogens with zero attached hydrogens (tertiary/aromatic N) is 2. The van der Waals surface area contributed by atoms with Crippen molar-refractivity contribution < 1.29 is 14.8 Å². The zero-order valence-corrected chi connectivity index (χ0v) is 11.2. The van der Waals surface area contributed by atoms with Gasteiger partial charge in [0.2, 0.25) is 0 Å². The molecule has 19 heavy (non-hydrogen) atoms. The van der Waals surface area contributed by atoms with E-state index in [0.29, 0.717) is 0 Å². The first-order valence-electron chi connectivity index (χ1n) is 5.58. The van der Waals surface area contributed by atoms with Crippen molar-refractivity contribution in [3.63, 3.8) is 0 Å². The fourth-order valence-corrected chi connectivity index (χ4v) is 1.47. The number of halogens is 1. The second kappa shape index (κ2) is 6.44. The van der Waals surface area contributed by atoms with Crippen LogP contribution in [-0.4, -0.2) is 33.6 Å². The topological polar surface area (TPSA) is 105 Å². The van der Waals surface area contributed by atoms with E-state index >= 15 is 0 Å². The zero-order valence-electron chi connectivity index (χ0n) is 10.5. The van der Waals surface area contributed by atoms with E-state index < -0.39 is 10.8 Å². The van der Waals surface area contributed by atoms with Crippen LogP contribution in [0.5, 0.6) is 0 Å². The predicted octanol–water partition coefficient (Wildman–Crippen LogP) is 1.39. The van der Waals surface area contributed by atoms with Gasteiger partial charge in [0.1, 0.15) is 11.3 Å². The Bertz CT molecular complexity index is 495. The Labute approximate surface area is 114 Å². The van der Waals surface area contributed by atoms with Crippen molar-refractivity contribution in [2.24, 2.45) is 5.92 Å². The minimum atomic E-state index is -0.653. The lowest BCUT2D eigenvalue weighted by atomic mass is 10.0. The fraction of sp³-hybridized carbons (Fsp3) is 0.455. The molecule has 1 amide bonds. The van der Waals surface area contributed by atoms with Crippen LogP contribution in [-0.2, 0) is 0 Å². The third-order valence-corrected chi connectivity index (χ3v) is 3.08. The average molecular weight is 288 g/mol. The van der Waals surface area contributed by atoms with E-state index in [9.17, 15) is 14.9 Å². The van der Waals surface area contributed by atoms with Gasteiger partial charge in [0.15, 0.2) is 0 Å². The summed E-state index contributed by atoms with van der Waals surface area (Å²) in [5.41, 5.74) is -0.370. The molecule has 0 saturated heterocycles. The van der Waals surface area contributed by atoms with Crippen LogP contribution in [0, 0.1) is 16.0 Å². The average Bonchev–Trinajstić information content (AvgIpc) is 2.37. The second-order valence-electron chi connectivity index (χ2n) is 4.21. The van der Waals surface area contributed by atoms with Gasteiger partial charge in [-0.15, -0.1) is 0 Å². The summed E-state index contributed by atoms with van der Waals surface area (Å²) in [4.78, 5) is 25.5. The summed E-state index contributed by atoms with van der Waals surface area (Å²) < 4.78 is 0. The predicted molar refractivity (Wildman–Crippen MR) is 69.1 cm³/mol. The number of hydrogen-bond donors (Lipinski definition) is 2. The largest absolute Gasteiger partial charge is 0.396 e. The van der Waals surface area contributed by atoms with Crippen LogP contribution in [0.1, 0.15) is 24.2 Å². The van der Waals surface area contributed by atoms with E-state index in [1.165, 1.54) is 0 Å². The molecule has 0 bridgehead atoms. The van der Waals surface area contributed by atoms with Crippen LogP contribution in [0.3, 0.4) is 0 Å². The molecule has 1 aromatic rings. The highest BCUT2D eigenvalue weighted by Crippen LogP contribution is 2.19. The van der Waals surface area contributed by atoms with Gasteiger partial charge in [-0.05, 0) is 12.8 Å². The van der Waals surface area contributed by atoms with Gasteiger partial charge in [0.05, 0.1) is 10.5 Å². The molecule has 104 valence electrons. The Morgan fingerprint density at radius 3 is 2.79 bits per heavy atom. The van der Waals surface area contributed by atoms with Gasteiger partial charge in [-0.25, -0.2) is 4.98 Å². The highest BCUT2D eigenvalue weighted by molar-refractivity contribution is 6.32. The second-order valence-corrected chi connectivity index (χ2v) is 4.57. The van der Waals surface area contributed by atoms with Crippen molar-refractivity contribution in [3.05, 3.63) is 33.1 Å². The molecule has 0 radical (unpaired) electrons. The molecule has 1 rings (SSSR count). The van der Waals surface area contributed by atoms with Crippen LogP contribution in [0.4, 0.5) is 5.69 Å². The number of nitrogens with one attached hydrogen (secondary N) is 1. The number of aliphatic hydroxyl groups excluding tert-OH is 1. The van der Waals surface area contributed by atoms with Crippen LogP contribution in [0.2, 0.25) is 5.15 Å². The summed E-state index contributed by atoms with van der Waals surface area (Å²) >= 11 is 5.75. The maximum absolute atomic E-state index is 11.9. The molecule has 7 nitrogen and oxygen atoms in total. The van der Waals surface area contributed by atoms with Crippen molar-refractivity contribution in [3.8, 4) is 0 Å². The maximum atomic E-state index is 11.9. The Hall–Kier alpha value is -1.73. The number of carbonyl (C=O) groups is 1. The number of aromatic nitrogens is 1. The molecule has 2 atom stereocenters. The van der Waals surface area contributed by atoms with Gasteiger partial charge in [-0.3, -0.25) is 14.9 Å². The monoisotopic (exact) mass is 287 g/mol. The van der Waals surface area contributed by atoms with Crippen molar-refractivity contribution in [1.29, 1.82) is 0 Å². The fourth-order valence-electron chi connectivity index (χ4n) is 1.28. The first-order chi connectivity index (χ1) is 8.86. The summed E-state index contributed by atoms with van der Waals surface area (Å²) in [6, 6.07) is 0.772. The quantitative estimate of drug-likeness (QED) is 0.483. The number of nitro groups is 1. The molecular formula is C11H14ClN3O4. The summed E-state index contributed by atoms with van der Waals surface area (Å²) in [5.74, 6) is -0.705. The highest BCUT2D eigenvalue weighted by atomic mass is 35.5. The molecule has 1 aromatic heterocycles. The van der Waals surface area contributed by atoms with E-state index in [1.54, 1.807) is 13.8 Å². The van der Waals surface area contributed by atoms with Gasteiger partial charge in [-0.1, -0.05) is 18.5 Å². The number of pyridine rings is 1.